The van der Waals surface area contributed by atoms with E-state index in [4.69, 9.17) is 0 Å². The number of anilines is 2. The van der Waals surface area contributed by atoms with Crippen molar-refractivity contribution in [2.75, 3.05) is 23.3 Å². The van der Waals surface area contributed by atoms with Crippen LogP contribution in [0.25, 0.3) is 11.1 Å². The van der Waals surface area contributed by atoms with Gasteiger partial charge in [0.25, 0.3) is 5.91 Å². The number of halogens is 3. The van der Waals surface area contributed by atoms with Crippen molar-refractivity contribution in [1.82, 2.24) is 5.32 Å². The lowest BCUT2D eigenvalue weighted by Crippen LogP contribution is -2.40. The number of nitrogens with zero attached hydrogens (tertiary/aromatic N) is 1. The molecule has 0 aromatic heterocycles. The molecule has 0 radical (unpaired) electrons. The van der Waals surface area contributed by atoms with E-state index >= 15 is 0 Å². The van der Waals surface area contributed by atoms with Gasteiger partial charge < -0.3 is 15.5 Å². The summed E-state index contributed by atoms with van der Waals surface area (Å²) in [6.45, 7) is 2.06. The van der Waals surface area contributed by atoms with Crippen molar-refractivity contribution >= 4 is 23.2 Å². The normalized spacial score (nSPS) is 14.3. The molecule has 5 aromatic carbocycles. The molecule has 8 heteroatoms. The Morgan fingerprint density at radius 3 is 2.08 bits per heavy atom. The van der Waals surface area contributed by atoms with Crippen molar-refractivity contribution in [3.05, 3.63) is 156 Å². The van der Waals surface area contributed by atoms with Gasteiger partial charge in [0.1, 0.15) is 0 Å². The predicted molar refractivity (Wildman–Crippen MR) is 184 cm³/mol. The maximum absolute atomic E-state index is 13.5. The van der Waals surface area contributed by atoms with Crippen molar-refractivity contribution in [1.29, 1.82) is 0 Å². The first-order valence-corrected chi connectivity index (χ1v) is 16.1. The van der Waals surface area contributed by atoms with Crippen LogP contribution >= 0.6 is 0 Å². The molecule has 0 saturated carbocycles. The molecule has 2 N–H and O–H groups in total. The van der Waals surface area contributed by atoms with Gasteiger partial charge in [-0.2, -0.15) is 13.2 Å². The summed E-state index contributed by atoms with van der Waals surface area (Å²) in [7, 11) is 0. The Bertz CT molecular complexity index is 1840. The summed E-state index contributed by atoms with van der Waals surface area (Å²) in [5.41, 5.74) is 3.93. The van der Waals surface area contributed by atoms with Crippen molar-refractivity contribution < 1.29 is 22.8 Å². The van der Waals surface area contributed by atoms with Crippen LogP contribution in [0.4, 0.5) is 24.5 Å². The zero-order valence-electron chi connectivity index (χ0n) is 26.3. The molecule has 0 spiro atoms. The lowest BCUT2D eigenvalue weighted by atomic mass is 9.79. The highest BCUT2D eigenvalue weighted by atomic mass is 19.4. The van der Waals surface area contributed by atoms with Gasteiger partial charge in [0.2, 0.25) is 5.91 Å². The van der Waals surface area contributed by atoms with Gasteiger partial charge in [-0.05, 0) is 83.5 Å². The van der Waals surface area contributed by atoms with Gasteiger partial charge >= 0.3 is 6.18 Å². The smallest absolute Gasteiger partial charge is 0.372 e. The molecule has 1 aliphatic heterocycles. The minimum absolute atomic E-state index is 0.0400. The van der Waals surface area contributed by atoms with Crippen LogP contribution in [0.2, 0.25) is 0 Å². The number of alkyl halides is 3. The molecule has 1 unspecified atom stereocenters. The highest BCUT2D eigenvalue weighted by Gasteiger charge is 2.33. The van der Waals surface area contributed by atoms with E-state index in [1.54, 1.807) is 30.3 Å². The third-order valence-corrected chi connectivity index (χ3v) is 8.92. The minimum atomic E-state index is -4.48. The number of nitrogens with one attached hydrogen (secondary N) is 2. The maximum atomic E-state index is 13.5. The third kappa shape index (κ3) is 7.77. The van der Waals surface area contributed by atoms with Gasteiger partial charge in [-0.3, -0.25) is 9.59 Å². The summed E-state index contributed by atoms with van der Waals surface area (Å²) in [5, 5.41) is 6.06. The number of piperidine rings is 1. The van der Waals surface area contributed by atoms with Gasteiger partial charge in [-0.15, -0.1) is 0 Å². The average molecular weight is 648 g/mol. The van der Waals surface area contributed by atoms with Crippen LogP contribution in [0.3, 0.4) is 0 Å². The maximum Gasteiger partial charge on any atom is 0.416 e. The molecule has 1 heterocycles. The molecule has 1 fully saturated rings. The molecule has 1 aliphatic rings. The topological polar surface area (TPSA) is 61.4 Å². The Balaban J connectivity index is 1.09. The van der Waals surface area contributed by atoms with Gasteiger partial charge in [0.05, 0.1) is 11.5 Å². The van der Waals surface area contributed by atoms with Crippen molar-refractivity contribution in [2.24, 2.45) is 5.92 Å². The van der Waals surface area contributed by atoms with E-state index in [0.717, 1.165) is 54.9 Å². The van der Waals surface area contributed by atoms with Crippen LogP contribution in [0.5, 0.6) is 0 Å². The molecule has 2 amide bonds. The van der Waals surface area contributed by atoms with Crippen LogP contribution in [0, 0.1) is 5.92 Å². The van der Waals surface area contributed by atoms with E-state index in [2.05, 4.69) is 15.5 Å². The minimum Gasteiger partial charge on any atom is -0.372 e. The van der Waals surface area contributed by atoms with Gasteiger partial charge in [0, 0.05) is 36.6 Å². The zero-order chi connectivity index (χ0) is 33.5. The van der Waals surface area contributed by atoms with E-state index in [9.17, 15) is 22.8 Å². The second-order valence-corrected chi connectivity index (χ2v) is 12.0. The summed E-state index contributed by atoms with van der Waals surface area (Å²) in [6, 6.07) is 39.1. The number of hydrogen-bond acceptors (Lipinski definition) is 3. The molecule has 48 heavy (non-hydrogen) atoms. The third-order valence-electron chi connectivity index (χ3n) is 8.92. The van der Waals surface area contributed by atoms with Gasteiger partial charge in [0.15, 0.2) is 0 Å². The lowest BCUT2D eigenvalue weighted by molar-refractivity contribution is -0.137. The first-order chi connectivity index (χ1) is 23.3. The summed E-state index contributed by atoms with van der Waals surface area (Å²) in [4.78, 5) is 29.1. The van der Waals surface area contributed by atoms with E-state index in [0.29, 0.717) is 23.4 Å². The predicted octanol–water partition coefficient (Wildman–Crippen LogP) is 8.94. The number of amides is 2. The number of carbonyl (C=O) groups excluding carboxylic acids is 2. The Morgan fingerprint density at radius 2 is 1.40 bits per heavy atom. The number of benzene rings is 5. The van der Waals surface area contributed by atoms with Crippen LogP contribution in [-0.2, 0) is 17.5 Å². The molecule has 6 rings (SSSR count). The molecular weight excluding hydrogens is 611 g/mol. The monoisotopic (exact) mass is 647 g/mol. The largest absolute Gasteiger partial charge is 0.416 e. The van der Waals surface area contributed by atoms with Crippen LogP contribution in [0.15, 0.2) is 133 Å². The molecule has 0 aliphatic carbocycles. The Hall–Kier alpha value is -5.37. The molecule has 1 saturated heterocycles. The van der Waals surface area contributed by atoms with Crippen molar-refractivity contribution in [3.8, 4) is 11.1 Å². The van der Waals surface area contributed by atoms with E-state index in [1.165, 1.54) is 6.07 Å². The van der Waals surface area contributed by atoms with E-state index in [1.807, 2.05) is 84.9 Å². The summed E-state index contributed by atoms with van der Waals surface area (Å²) < 4.78 is 40.0. The molecule has 244 valence electrons. The first-order valence-electron chi connectivity index (χ1n) is 16.1. The standard InChI is InChI=1S/C40H36F3N3O2/c41-40(42,43)32-15-9-14-31(26-32)35-16-7-8-17-36(35)38(47)45-33-18-20-34(21-19-33)46-24-22-30(23-25-46)37(29-12-5-2-6-13-29)39(48)44-27-28-10-3-1-4-11-28/h1-21,26,30,37H,22-25,27H2,(H,44,48)(H,45,47). The fraction of sp³-hybridized carbons (Fsp3) is 0.200. The fourth-order valence-corrected chi connectivity index (χ4v) is 6.43. The highest BCUT2D eigenvalue weighted by molar-refractivity contribution is 6.08. The molecule has 0 bridgehead atoms. The van der Waals surface area contributed by atoms with Gasteiger partial charge in [-0.1, -0.05) is 91.0 Å². The van der Waals surface area contributed by atoms with E-state index in [-0.39, 0.29) is 23.3 Å². The SMILES string of the molecule is O=C(Nc1ccc(N2CCC(C(C(=O)NCc3ccccc3)c3ccccc3)CC2)cc1)c1ccccc1-c1cccc(C(F)(F)F)c1. The van der Waals surface area contributed by atoms with Crippen LogP contribution in [0.1, 0.15) is 45.8 Å². The average Bonchev–Trinajstić information content (AvgIpc) is 3.12. The fourth-order valence-electron chi connectivity index (χ4n) is 6.43. The summed E-state index contributed by atoms with van der Waals surface area (Å²) >= 11 is 0. The zero-order valence-corrected chi connectivity index (χ0v) is 26.3. The second-order valence-electron chi connectivity index (χ2n) is 12.0. The van der Waals surface area contributed by atoms with Crippen molar-refractivity contribution in [2.45, 2.75) is 31.5 Å². The molecular formula is C40H36F3N3O2. The van der Waals surface area contributed by atoms with Gasteiger partial charge in [-0.25, -0.2) is 0 Å². The number of hydrogen-bond donors (Lipinski definition) is 2. The second kappa shape index (κ2) is 14.6. The van der Waals surface area contributed by atoms with Crippen LogP contribution in [-0.4, -0.2) is 24.9 Å². The van der Waals surface area contributed by atoms with E-state index < -0.39 is 17.6 Å². The highest BCUT2D eigenvalue weighted by Crippen LogP contribution is 2.36. The molecule has 1 atom stereocenters. The number of carbonyl (C=O) groups is 2. The molecule has 5 aromatic rings. The Morgan fingerprint density at radius 1 is 0.750 bits per heavy atom. The summed E-state index contributed by atoms with van der Waals surface area (Å²) in [6.07, 6.45) is -2.78. The quantitative estimate of drug-likeness (QED) is 0.168. The molecule has 5 nitrogen and oxygen atoms in total. The Labute approximate surface area is 278 Å². The summed E-state index contributed by atoms with van der Waals surface area (Å²) in [5.74, 6) is -0.421. The lowest BCUT2D eigenvalue weighted by Gasteiger charge is -2.37. The van der Waals surface area contributed by atoms with Crippen LogP contribution < -0.4 is 15.5 Å². The Kier molecular flexibility index (Phi) is 9.90. The number of rotatable bonds is 9. The first kappa shape index (κ1) is 32.6. The van der Waals surface area contributed by atoms with Crippen molar-refractivity contribution in [3.63, 3.8) is 0 Å².